The van der Waals surface area contributed by atoms with Crippen molar-refractivity contribution < 1.29 is 14.5 Å². The minimum Gasteiger partial charge on any atom is -0.350 e. The molecule has 2 unspecified atom stereocenters. The Balaban J connectivity index is 1.36. The number of nitrogens with one attached hydrogen (secondary N) is 1. The smallest absolute Gasteiger partial charge is 0.272 e. The standard InChI is InChI=1S/C24H28N4O4/c1-17-14-19(9-10-21(17)28(31)32)24(30)27-12-5-8-22(27)23(29)25-20-11-13-26(16-20)15-18-6-3-2-4-7-18/h2-4,6-7,9-10,14,20,22H,5,8,11-13,15-16H2,1H3,(H,25,29). The molecule has 168 valence electrons. The molecule has 2 fully saturated rings. The molecular weight excluding hydrogens is 408 g/mol. The highest BCUT2D eigenvalue weighted by atomic mass is 16.6. The molecule has 2 atom stereocenters. The molecule has 32 heavy (non-hydrogen) atoms. The molecule has 2 heterocycles. The van der Waals surface area contributed by atoms with Crippen molar-refractivity contribution in [3.63, 3.8) is 0 Å². The van der Waals surface area contributed by atoms with Crippen LogP contribution in [0.5, 0.6) is 0 Å². The van der Waals surface area contributed by atoms with Gasteiger partial charge >= 0.3 is 0 Å². The van der Waals surface area contributed by atoms with Crippen molar-refractivity contribution in [2.24, 2.45) is 0 Å². The molecule has 0 spiro atoms. The van der Waals surface area contributed by atoms with Gasteiger partial charge < -0.3 is 10.2 Å². The summed E-state index contributed by atoms with van der Waals surface area (Å²) in [5.74, 6) is -0.362. The zero-order valence-corrected chi connectivity index (χ0v) is 18.2. The van der Waals surface area contributed by atoms with Crippen LogP contribution in [0.3, 0.4) is 0 Å². The van der Waals surface area contributed by atoms with Gasteiger partial charge in [-0.15, -0.1) is 0 Å². The molecule has 1 N–H and O–H groups in total. The quantitative estimate of drug-likeness (QED) is 0.555. The fraction of sp³-hybridized carbons (Fsp3) is 0.417. The fourth-order valence-electron chi connectivity index (χ4n) is 4.67. The van der Waals surface area contributed by atoms with Crippen LogP contribution in [0.4, 0.5) is 5.69 Å². The summed E-state index contributed by atoms with van der Waals surface area (Å²) >= 11 is 0. The van der Waals surface area contributed by atoms with Gasteiger partial charge in [0, 0.05) is 49.4 Å². The third-order valence-electron chi connectivity index (χ3n) is 6.32. The maximum Gasteiger partial charge on any atom is 0.272 e. The molecule has 8 heteroatoms. The maximum atomic E-state index is 13.1. The molecule has 2 amide bonds. The molecule has 4 rings (SSSR count). The van der Waals surface area contributed by atoms with E-state index in [1.165, 1.54) is 23.8 Å². The van der Waals surface area contributed by atoms with Crippen LogP contribution in [0.15, 0.2) is 48.5 Å². The van der Waals surface area contributed by atoms with E-state index in [-0.39, 0.29) is 23.5 Å². The highest BCUT2D eigenvalue weighted by molar-refractivity contribution is 5.98. The van der Waals surface area contributed by atoms with Crippen LogP contribution in [0.1, 0.15) is 40.7 Å². The molecule has 2 aliphatic rings. The predicted molar refractivity (Wildman–Crippen MR) is 120 cm³/mol. The lowest BCUT2D eigenvalue weighted by molar-refractivity contribution is -0.385. The number of hydrogen-bond acceptors (Lipinski definition) is 5. The molecule has 2 aromatic rings. The van der Waals surface area contributed by atoms with Gasteiger partial charge in [-0.3, -0.25) is 24.6 Å². The number of aryl methyl sites for hydroxylation is 1. The second kappa shape index (κ2) is 9.48. The number of benzene rings is 2. The average molecular weight is 437 g/mol. The lowest BCUT2D eigenvalue weighted by Crippen LogP contribution is -2.49. The van der Waals surface area contributed by atoms with Crippen LogP contribution in [0.2, 0.25) is 0 Å². The van der Waals surface area contributed by atoms with Crippen LogP contribution < -0.4 is 5.32 Å². The first-order valence-corrected chi connectivity index (χ1v) is 11.0. The van der Waals surface area contributed by atoms with E-state index in [0.29, 0.717) is 24.1 Å². The lowest BCUT2D eigenvalue weighted by atomic mass is 10.1. The molecule has 0 aromatic heterocycles. The van der Waals surface area contributed by atoms with Gasteiger partial charge in [0.05, 0.1) is 4.92 Å². The molecule has 0 bridgehead atoms. The second-order valence-electron chi connectivity index (χ2n) is 8.63. The summed E-state index contributed by atoms with van der Waals surface area (Å²) in [6.45, 7) is 4.71. The topological polar surface area (TPSA) is 95.8 Å². The number of carbonyl (C=O) groups is 2. The molecule has 0 aliphatic carbocycles. The van der Waals surface area contributed by atoms with Crippen molar-refractivity contribution >= 4 is 17.5 Å². The minimum atomic E-state index is -0.499. The summed E-state index contributed by atoms with van der Waals surface area (Å²) in [4.78, 5) is 40.6. The summed E-state index contributed by atoms with van der Waals surface area (Å²) in [5, 5.41) is 14.2. The third kappa shape index (κ3) is 4.80. The lowest BCUT2D eigenvalue weighted by Gasteiger charge is -2.26. The van der Waals surface area contributed by atoms with Crippen molar-refractivity contribution in [1.82, 2.24) is 15.1 Å². The van der Waals surface area contributed by atoms with Gasteiger partial charge in [0.2, 0.25) is 5.91 Å². The van der Waals surface area contributed by atoms with Gasteiger partial charge in [-0.2, -0.15) is 0 Å². The molecule has 2 aromatic carbocycles. The Morgan fingerprint density at radius 3 is 2.62 bits per heavy atom. The van der Waals surface area contributed by atoms with Crippen LogP contribution in [-0.2, 0) is 11.3 Å². The van der Waals surface area contributed by atoms with Crippen LogP contribution >= 0.6 is 0 Å². The Hall–Kier alpha value is -3.26. The first-order chi connectivity index (χ1) is 15.4. The molecule has 2 aliphatic heterocycles. The van der Waals surface area contributed by atoms with Crippen molar-refractivity contribution in [2.75, 3.05) is 19.6 Å². The van der Waals surface area contributed by atoms with E-state index in [1.807, 2.05) is 18.2 Å². The van der Waals surface area contributed by atoms with E-state index < -0.39 is 11.0 Å². The SMILES string of the molecule is Cc1cc(C(=O)N2CCCC2C(=O)NC2CCN(Cc3ccccc3)C2)ccc1[N+](=O)[O-]. The van der Waals surface area contributed by atoms with Gasteiger partial charge in [0.15, 0.2) is 0 Å². The summed E-state index contributed by atoms with van der Waals surface area (Å²) < 4.78 is 0. The van der Waals surface area contributed by atoms with Gasteiger partial charge in [-0.1, -0.05) is 30.3 Å². The Bertz CT molecular complexity index is 1010. The van der Waals surface area contributed by atoms with Crippen molar-refractivity contribution in [1.29, 1.82) is 0 Å². The largest absolute Gasteiger partial charge is 0.350 e. The first kappa shape index (κ1) is 22.0. The van der Waals surface area contributed by atoms with E-state index in [0.717, 1.165) is 32.5 Å². The first-order valence-electron chi connectivity index (χ1n) is 11.0. The van der Waals surface area contributed by atoms with E-state index in [1.54, 1.807) is 11.8 Å². The number of amides is 2. The van der Waals surface area contributed by atoms with Crippen molar-refractivity contribution in [3.8, 4) is 0 Å². The van der Waals surface area contributed by atoms with Gasteiger partial charge in [0.1, 0.15) is 6.04 Å². The van der Waals surface area contributed by atoms with Gasteiger partial charge in [-0.05, 0) is 43.9 Å². The van der Waals surface area contributed by atoms with E-state index in [2.05, 4.69) is 22.3 Å². The summed E-state index contributed by atoms with van der Waals surface area (Å²) in [5.41, 5.74) is 2.05. The Morgan fingerprint density at radius 2 is 1.91 bits per heavy atom. The minimum absolute atomic E-state index is 0.0152. The monoisotopic (exact) mass is 436 g/mol. The maximum absolute atomic E-state index is 13.1. The summed E-state index contributed by atoms with van der Waals surface area (Å²) in [7, 11) is 0. The second-order valence-corrected chi connectivity index (χ2v) is 8.63. The predicted octanol–water partition coefficient (Wildman–Crippen LogP) is 2.90. The zero-order chi connectivity index (χ0) is 22.7. The number of carbonyl (C=O) groups excluding carboxylic acids is 2. The number of nitrogens with zero attached hydrogens (tertiary/aromatic N) is 3. The number of rotatable bonds is 6. The molecule has 0 radical (unpaired) electrons. The van der Waals surface area contributed by atoms with Crippen LogP contribution in [-0.4, -0.2) is 58.3 Å². The van der Waals surface area contributed by atoms with Gasteiger partial charge in [-0.25, -0.2) is 0 Å². The number of nitro groups is 1. The van der Waals surface area contributed by atoms with E-state index in [9.17, 15) is 19.7 Å². The Morgan fingerprint density at radius 1 is 1.12 bits per heavy atom. The van der Waals surface area contributed by atoms with Crippen molar-refractivity contribution in [3.05, 3.63) is 75.3 Å². The number of nitro benzene ring substituents is 1. The zero-order valence-electron chi connectivity index (χ0n) is 18.2. The Kier molecular flexibility index (Phi) is 6.50. The highest BCUT2D eigenvalue weighted by Gasteiger charge is 2.36. The highest BCUT2D eigenvalue weighted by Crippen LogP contribution is 2.24. The number of hydrogen-bond donors (Lipinski definition) is 1. The molecule has 0 saturated carbocycles. The average Bonchev–Trinajstić information content (AvgIpc) is 3.43. The number of likely N-dealkylation sites (tertiary alicyclic amines) is 2. The van der Waals surface area contributed by atoms with Gasteiger partial charge in [0.25, 0.3) is 11.6 Å². The molecule has 2 saturated heterocycles. The molecular formula is C24H28N4O4. The Labute approximate surface area is 187 Å². The van der Waals surface area contributed by atoms with E-state index in [4.69, 9.17) is 0 Å². The summed E-state index contributed by atoms with van der Waals surface area (Å²) in [6.07, 6.45) is 2.28. The normalized spacial score (nSPS) is 21.0. The van der Waals surface area contributed by atoms with E-state index >= 15 is 0 Å². The molecule has 8 nitrogen and oxygen atoms in total. The van der Waals surface area contributed by atoms with Crippen molar-refractivity contribution in [2.45, 2.75) is 44.8 Å². The fourth-order valence-corrected chi connectivity index (χ4v) is 4.67. The van der Waals surface area contributed by atoms with Crippen LogP contribution in [0.25, 0.3) is 0 Å². The summed E-state index contributed by atoms with van der Waals surface area (Å²) in [6, 6.07) is 14.2. The van der Waals surface area contributed by atoms with Crippen LogP contribution in [0, 0.1) is 17.0 Å². The third-order valence-corrected chi connectivity index (χ3v) is 6.32.